The average Bonchev–Trinajstić information content (AvgIpc) is 3.58. The SMILES string of the molecule is CCOc1cc(-c2ncc(NC(=O)Nc3ccc(CCC4CCCN4)c(C(F)(F)F)c3)c(C)n2)cnc1OCc1ccc(OC)cc1. The van der Waals surface area contributed by atoms with Gasteiger partial charge in [0.2, 0.25) is 0 Å². The summed E-state index contributed by atoms with van der Waals surface area (Å²) in [6, 6.07) is 12.6. The summed E-state index contributed by atoms with van der Waals surface area (Å²) in [4.78, 5) is 26.1. The van der Waals surface area contributed by atoms with E-state index in [1.54, 1.807) is 26.3 Å². The summed E-state index contributed by atoms with van der Waals surface area (Å²) in [6.07, 6.45) is 1.34. The Labute approximate surface area is 271 Å². The lowest BCUT2D eigenvalue weighted by Gasteiger charge is -2.17. The standard InChI is InChI=1S/C34H37F3N6O4/c1-4-46-30-16-24(18-40-32(30)47-20-22-7-13-27(45-3)14-8-22)31-39-19-29(21(2)41-31)43-33(44)42-26-12-10-23(28(17-26)34(35,36)37)9-11-25-6-5-15-38-25/h7-8,10,12-14,16-19,25,38H,4-6,9,11,15,20H2,1-3H3,(H2,42,43,44). The van der Waals surface area contributed by atoms with Gasteiger partial charge in [-0.3, -0.25) is 0 Å². The lowest BCUT2D eigenvalue weighted by molar-refractivity contribution is -0.138. The van der Waals surface area contributed by atoms with Crippen molar-refractivity contribution in [3.63, 3.8) is 0 Å². The third-order valence-electron chi connectivity index (χ3n) is 7.74. The molecule has 0 bridgehead atoms. The van der Waals surface area contributed by atoms with Gasteiger partial charge in [-0.2, -0.15) is 13.2 Å². The van der Waals surface area contributed by atoms with E-state index in [-0.39, 0.29) is 23.9 Å². The Morgan fingerprint density at radius 1 is 1.04 bits per heavy atom. The number of aromatic nitrogens is 3. The molecule has 4 aromatic rings. The molecule has 5 rings (SSSR count). The van der Waals surface area contributed by atoms with E-state index in [0.29, 0.717) is 53.8 Å². The van der Waals surface area contributed by atoms with Gasteiger partial charge in [0.1, 0.15) is 12.4 Å². The van der Waals surface area contributed by atoms with Gasteiger partial charge in [-0.25, -0.2) is 19.7 Å². The number of urea groups is 1. The predicted octanol–water partition coefficient (Wildman–Crippen LogP) is 7.18. The first-order valence-electron chi connectivity index (χ1n) is 15.4. The van der Waals surface area contributed by atoms with Crippen LogP contribution in [0.15, 0.2) is 60.9 Å². The fourth-order valence-corrected chi connectivity index (χ4v) is 5.28. The number of halogens is 3. The largest absolute Gasteiger partial charge is 0.497 e. The van der Waals surface area contributed by atoms with Crippen LogP contribution in [0.3, 0.4) is 0 Å². The summed E-state index contributed by atoms with van der Waals surface area (Å²) in [7, 11) is 1.60. The third kappa shape index (κ3) is 8.88. The van der Waals surface area contributed by atoms with Crippen LogP contribution in [0.4, 0.5) is 29.3 Å². The molecule has 2 aromatic carbocycles. The van der Waals surface area contributed by atoms with Crippen LogP contribution >= 0.6 is 0 Å². The summed E-state index contributed by atoms with van der Waals surface area (Å²) in [5.74, 6) is 1.81. The van der Waals surface area contributed by atoms with E-state index < -0.39 is 17.8 Å². The number of carbonyl (C=O) groups is 1. The highest BCUT2D eigenvalue weighted by Gasteiger charge is 2.34. The molecule has 0 radical (unpaired) electrons. The molecular formula is C34H37F3N6O4. The molecule has 3 heterocycles. The molecule has 1 fully saturated rings. The first-order valence-corrected chi connectivity index (χ1v) is 15.4. The van der Waals surface area contributed by atoms with Crippen LogP contribution in [0.25, 0.3) is 11.4 Å². The molecule has 13 heteroatoms. The van der Waals surface area contributed by atoms with Crippen molar-refractivity contribution in [2.75, 3.05) is 30.9 Å². The van der Waals surface area contributed by atoms with E-state index in [1.807, 2.05) is 31.2 Å². The van der Waals surface area contributed by atoms with Gasteiger partial charge < -0.3 is 30.2 Å². The minimum atomic E-state index is -4.55. The van der Waals surface area contributed by atoms with Crippen LogP contribution in [0, 0.1) is 6.92 Å². The number of methoxy groups -OCH3 is 1. The molecule has 10 nitrogen and oxygen atoms in total. The number of benzene rings is 2. The molecule has 2 aromatic heterocycles. The fraction of sp³-hybridized carbons (Fsp3) is 0.353. The average molecular weight is 651 g/mol. The number of anilines is 2. The summed E-state index contributed by atoms with van der Waals surface area (Å²) < 4.78 is 58.5. The number of hydrogen-bond acceptors (Lipinski definition) is 8. The number of carbonyl (C=O) groups excluding carboxylic acids is 1. The van der Waals surface area contributed by atoms with Crippen LogP contribution in [0.5, 0.6) is 17.4 Å². The van der Waals surface area contributed by atoms with E-state index in [1.165, 1.54) is 18.3 Å². The Morgan fingerprint density at radius 2 is 1.85 bits per heavy atom. The summed E-state index contributed by atoms with van der Waals surface area (Å²) in [5, 5.41) is 8.42. The number of aryl methyl sites for hydroxylation is 2. The van der Waals surface area contributed by atoms with Crippen LogP contribution in [0.2, 0.25) is 0 Å². The van der Waals surface area contributed by atoms with E-state index >= 15 is 0 Å². The second kappa shape index (κ2) is 15.1. The highest BCUT2D eigenvalue weighted by Crippen LogP contribution is 2.35. The lowest BCUT2D eigenvalue weighted by atomic mass is 9.98. The molecule has 3 N–H and O–H groups in total. The minimum Gasteiger partial charge on any atom is -0.497 e. The van der Waals surface area contributed by atoms with Crippen molar-refractivity contribution in [2.24, 2.45) is 0 Å². The van der Waals surface area contributed by atoms with Crippen molar-refractivity contribution in [3.8, 4) is 28.8 Å². The lowest BCUT2D eigenvalue weighted by Crippen LogP contribution is -2.23. The Bertz CT molecular complexity index is 1680. The van der Waals surface area contributed by atoms with Gasteiger partial charge in [0.15, 0.2) is 11.6 Å². The molecule has 248 valence electrons. The maximum absolute atomic E-state index is 13.9. The van der Waals surface area contributed by atoms with Gasteiger partial charge in [-0.15, -0.1) is 0 Å². The zero-order valence-electron chi connectivity index (χ0n) is 26.4. The Balaban J connectivity index is 1.24. The van der Waals surface area contributed by atoms with E-state index in [9.17, 15) is 18.0 Å². The zero-order chi connectivity index (χ0) is 33.4. The number of pyridine rings is 1. The molecule has 1 atom stereocenters. The minimum absolute atomic E-state index is 0.0246. The predicted molar refractivity (Wildman–Crippen MR) is 172 cm³/mol. The highest BCUT2D eigenvalue weighted by molar-refractivity contribution is 6.00. The highest BCUT2D eigenvalue weighted by atomic mass is 19.4. The summed E-state index contributed by atoms with van der Waals surface area (Å²) in [6.45, 7) is 5.07. The first kappa shape index (κ1) is 33.5. The first-order chi connectivity index (χ1) is 22.6. The summed E-state index contributed by atoms with van der Waals surface area (Å²) in [5.41, 5.74) is 1.69. The van der Waals surface area contributed by atoms with E-state index in [2.05, 4.69) is 30.9 Å². The number of ether oxygens (including phenoxy) is 3. The number of hydrogen-bond donors (Lipinski definition) is 3. The molecule has 47 heavy (non-hydrogen) atoms. The molecule has 1 unspecified atom stereocenters. The number of amides is 2. The molecular weight excluding hydrogens is 613 g/mol. The maximum Gasteiger partial charge on any atom is 0.416 e. The quantitative estimate of drug-likeness (QED) is 0.148. The fourth-order valence-electron chi connectivity index (χ4n) is 5.28. The van der Waals surface area contributed by atoms with Crippen LogP contribution < -0.4 is 30.2 Å². The second-order valence-corrected chi connectivity index (χ2v) is 11.1. The topological polar surface area (TPSA) is 120 Å². The van der Waals surface area contributed by atoms with Gasteiger partial charge in [-0.1, -0.05) is 18.2 Å². The number of rotatable bonds is 12. The smallest absolute Gasteiger partial charge is 0.416 e. The maximum atomic E-state index is 13.9. The molecule has 1 saturated heterocycles. The molecule has 0 aliphatic carbocycles. The molecule has 0 spiro atoms. The van der Waals surface area contributed by atoms with E-state index in [0.717, 1.165) is 36.8 Å². The van der Waals surface area contributed by atoms with Crippen LogP contribution in [-0.4, -0.2) is 47.3 Å². The molecule has 2 amide bonds. The van der Waals surface area contributed by atoms with Crippen molar-refractivity contribution in [3.05, 3.63) is 83.3 Å². The van der Waals surface area contributed by atoms with Gasteiger partial charge in [-0.05, 0) is 87.5 Å². The normalized spacial score (nSPS) is 14.5. The van der Waals surface area contributed by atoms with Crippen molar-refractivity contribution in [2.45, 2.75) is 58.4 Å². The van der Waals surface area contributed by atoms with Crippen LogP contribution in [-0.2, 0) is 19.2 Å². The van der Waals surface area contributed by atoms with E-state index in [4.69, 9.17) is 14.2 Å². The Kier molecular flexibility index (Phi) is 10.8. The van der Waals surface area contributed by atoms with Gasteiger partial charge in [0, 0.05) is 23.5 Å². The second-order valence-electron chi connectivity index (χ2n) is 11.1. The number of alkyl halides is 3. The van der Waals surface area contributed by atoms with Gasteiger partial charge in [0.05, 0.1) is 36.9 Å². The monoisotopic (exact) mass is 650 g/mol. The number of nitrogens with one attached hydrogen (secondary N) is 3. The zero-order valence-corrected chi connectivity index (χ0v) is 26.4. The molecule has 1 aliphatic rings. The van der Waals surface area contributed by atoms with Crippen molar-refractivity contribution >= 4 is 17.4 Å². The van der Waals surface area contributed by atoms with Crippen molar-refractivity contribution < 1.29 is 32.2 Å². The van der Waals surface area contributed by atoms with Crippen molar-refractivity contribution in [1.82, 2.24) is 20.3 Å². The Morgan fingerprint density at radius 3 is 2.53 bits per heavy atom. The van der Waals surface area contributed by atoms with Crippen molar-refractivity contribution in [1.29, 1.82) is 0 Å². The van der Waals surface area contributed by atoms with Crippen LogP contribution in [0.1, 0.15) is 48.6 Å². The number of nitrogens with zero attached hydrogens (tertiary/aromatic N) is 3. The Hall–Kier alpha value is -4.91. The molecule has 1 aliphatic heterocycles. The third-order valence-corrected chi connectivity index (χ3v) is 7.74. The molecule has 0 saturated carbocycles. The summed E-state index contributed by atoms with van der Waals surface area (Å²) >= 11 is 0. The van der Waals surface area contributed by atoms with Gasteiger partial charge >= 0.3 is 12.2 Å². The van der Waals surface area contributed by atoms with Gasteiger partial charge in [0.25, 0.3) is 5.88 Å².